The van der Waals surface area contributed by atoms with Gasteiger partial charge in [0.1, 0.15) is 0 Å². The molecule has 0 amide bonds. The molecule has 0 aromatic heterocycles. The molecule has 1 aromatic carbocycles. The van der Waals surface area contributed by atoms with Gasteiger partial charge in [0.15, 0.2) is 0 Å². The van der Waals surface area contributed by atoms with E-state index in [0.29, 0.717) is 11.6 Å². The molecule has 2 unspecified atom stereocenters. The minimum atomic E-state index is 0.560. The summed E-state index contributed by atoms with van der Waals surface area (Å²) in [6.45, 7) is 2.28. The summed E-state index contributed by atoms with van der Waals surface area (Å²) in [4.78, 5) is 0. The van der Waals surface area contributed by atoms with Crippen molar-refractivity contribution >= 4 is 21.6 Å². The van der Waals surface area contributed by atoms with Crippen molar-refractivity contribution in [2.24, 2.45) is 5.92 Å². The van der Waals surface area contributed by atoms with Crippen LogP contribution in [0.1, 0.15) is 44.6 Å². The van der Waals surface area contributed by atoms with Gasteiger partial charge in [-0.15, -0.1) is 0 Å². The quantitative estimate of drug-likeness (QED) is 0.878. The molecule has 0 bridgehead atoms. The van der Waals surface area contributed by atoms with Crippen LogP contribution in [0.25, 0.3) is 0 Å². The third kappa shape index (κ3) is 3.49. The van der Waals surface area contributed by atoms with Crippen LogP contribution in [0.2, 0.25) is 0 Å². The molecule has 2 atom stereocenters. The predicted octanol–water partition coefficient (Wildman–Crippen LogP) is 4.70. The van der Waals surface area contributed by atoms with Gasteiger partial charge in [0.2, 0.25) is 0 Å². The van der Waals surface area contributed by atoms with Crippen molar-refractivity contribution in [3.8, 4) is 6.07 Å². The Hall–Kier alpha value is -1.01. The molecule has 3 heteroatoms. The van der Waals surface area contributed by atoms with Crippen LogP contribution in [0, 0.1) is 17.2 Å². The Kier molecular flexibility index (Phi) is 4.66. The van der Waals surface area contributed by atoms with Gasteiger partial charge in [-0.3, -0.25) is 0 Å². The Morgan fingerprint density at radius 3 is 2.94 bits per heavy atom. The maximum atomic E-state index is 8.97. The number of anilines is 1. The van der Waals surface area contributed by atoms with Crippen LogP contribution in [0.3, 0.4) is 0 Å². The van der Waals surface area contributed by atoms with Crippen LogP contribution in [0.4, 0.5) is 5.69 Å². The molecule has 0 heterocycles. The minimum absolute atomic E-state index is 0.560. The summed E-state index contributed by atoms with van der Waals surface area (Å²) in [5.74, 6) is 0.860. The van der Waals surface area contributed by atoms with Gasteiger partial charge in [0, 0.05) is 16.2 Å². The first kappa shape index (κ1) is 13.4. The summed E-state index contributed by atoms with van der Waals surface area (Å²) in [6, 6.07) is 8.59. The zero-order valence-corrected chi connectivity index (χ0v) is 12.3. The fourth-order valence-corrected chi connectivity index (χ4v) is 3.26. The third-order valence-electron chi connectivity index (χ3n) is 3.76. The number of hydrogen-bond donors (Lipinski definition) is 1. The van der Waals surface area contributed by atoms with E-state index in [2.05, 4.69) is 40.3 Å². The Morgan fingerprint density at radius 1 is 1.39 bits per heavy atom. The maximum absolute atomic E-state index is 8.97. The van der Waals surface area contributed by atoms with E-state index in [-0.39, 0.29) is 0 Å². The molecule has 1 saturated carbocycles. The summed E-state index contributed by atoms with van der Waals surface area (Å²) in [7, 11) is 0. The highest BCUT2D eigenvalue weighted by Gasteiger charge is 2.20. The fourth-order valence-electron chi connectivity index (χ4n) is 2.77. The molecular formula is C15H19BrN2. The molecular weight excluding hydrogens is 288 g/mol. The zero-order valence-electron chi connectivity index (χ0n) is 10.7. The molecule has 0 saturated heterocycles. The van der Waals surface area contributed by atoms with E-state index in [1.165, 1.54) is 32.1 Å². The van der Waals surface area contributed by atoms with Gasteiger partial charge < -0.3 is 5.32 Å². The first-order chi connectivity index (χ1) is 8.71. The standard InChI is InChI=1S/C15H19BrN2/c1-2-11-4-3-5-14(7-11)18-15-8-12(10-17)6-13(16)9-15/h6,8-9,11,14,18H,2-5,7H2,1H3. The van der Waals surface area contributed by atoms with Crippen LogP contribution >= 0.6 is 15.9 Å². The van der Waals surface area contributed by atoms with Crippen molar-refractivity contribution in [2.45, 2.75) is 45.1 Å². The smallest absolute Gasteiger partial charge is 0.0992 e. The van der Waals surface area contributed by atoms with Crippen molar-refractivity contribution < 1.29 is 0 Å². The van der Waals surface area contributed by atoms with E-state index >= 15 is 0 Å². The van der Waals surface area contributed by atoms with Gasteiger partial charge in [0.25, 0.3) is 0 Å². The first-order valence-electron chi connectivity index (χ1n) is 6.68. The SMILES string of the molecule is CCC1CCCC(Nc2cc(Br)cc(C#N)c2)C1. The lowest BCUT2D eigenvalue weighted by Crippen LogP contribution is -2.27. The van der Waals surface area contributed by atoms with Gasteiger partial charge in [-0.2, -0.15) is 5.26 Å². The van der Waals surface area contributed by atoms with Crippen molar-refractivity contribution in [1.82, 2.24) is 0 Å². The largest absolute Gasteiger partial charge is 0.382 e. The van der Waals surface area contributed by atoms with Crippen molar-refractivity contribution in [3.63, 3.8) is 0 Å². The highest BCUT2D eigenvalue weighted by atomic mass is 79.9. The van der Waals surface area contributed by atoms with Crippen molar-refractivity contribution in [2.75, 3.05) is 5.32 Å². The lowest BCUT2D eigenvalue weighted by molar-refractivity contribution is 0.327. The molecule has 96 valence electrons. The Balaban J connectivity index is 2.05. The van der Waals surface area contributed by atoms with E-state index in [1.54, 1.807) is 0 Å². The van der Waals surface area contributed by atoms with Gasteiger partial charge in [-0.1, -0.05) is 42.1 Å². The summed E-state index contributed by atoms with van der Waals surface area (Å²) in [5, 5.41) is 12.6. The van der Waals surface area contributed by atoms with Crippen LogP contribution in [-0.4, -0.2) is 6.04 Å². The number of hydrogen-bond acceptors (Lipinski definition) is 2. The predicted molar refractivity (Wildman–Crippen MR) is 78.5 cm³/mol. The van der Waals surface area contributed by atoms with Crippen molar-refractivity contribution in [3.05, 3.63) is 28.2 Å². The topological polar surface area (TPSA) is 35.8 Å². The minimum Gasteiger partial charge on any atom is -0.382 e. The number of benzene rings is 1. The Morgan fingerprint density at radius 2 is 2.22 bits per heavy atom. The Labute approximate surface area is 118 Å². The number of nitriles is 1. The number of nitrogens with one attached hydrogen (secondary N) is 1. The van der Waals surface area contributed by atoms with E-state index < -0.39 is 0 Å². The number of rotatable bonds is 3. The molecule has 18 heavy (non-hydrogen) atoms. The summed E-state index contributed by atoms with van der Waals surface area (Å²) < 4.78 is 0.965. The molecule has 2 nitrogen and oxygen atoms in total. The lowest BCUT2D eigenvalue weighted by Gasteiger charge is -2.30. The molecule has 1 fully saturated rings. The molecule has 0 aliphatic heterocycles. The molecule has 0 spiro atoms. The second kappa shape index (κ2) is 6.24. The number of halogens is 1. The highest BCUT2D eigenvalue weighted by molar-refractivity contribution is 9.10. The monoisotopic (exact) mass is 306 g/mol. The first-order valence-corrected chi connectivity index (χ1v) is 7.47. The van der Waals surface area contributed by atoms with Crippen LogP contribution < -0.4 is 5.32 Å². The van der Waals surface area contributed by atoms with Gasteiger partial charge >= 0.3 is 0 Å². The van der Waals surface area contributed by atoms with Crippen molar-refractivity contribution in [1.29, 1.82) is 5.26 Å². The third-order valence-corrected chi connectivity index (χ3v) is 4.22. The second-order valence-corrected chi connectivity index (χ2v) is 6.04. The van der Waals surface area contributed by atoms with Gasteiger partial charge in [-0.05, 0) is 37.0 Å². The average Bonchev–Trinajstić information content (AvgIpc) is 2.38. The van der Waals surface area contributed by atoms with Crippen LogP contribution in [-0.2, 0) is 0 Å². The zero-order chi connectivity index (χ0) is 13.0. The summed E-state index contributed by atoms with van der Waals surface area (Å²) in [5.41, 5.74) is 1.76. The van der Waals surface area contributed by atoms with Crippen LogP contribution in [0.5, 0.6) is 0 Å². The second-order valence-electron chi connectivity index (χ2n) is 5.12. The normalized spacial score (nSPS) is 23.4. The molecule has 2 rings (SSSR count). The van der Waals surface area contributed by atoms with E-state index in [4.69, 9.17) is 5.26 Å². The molecule has 1 aliphatic carbocycles. The van der Waals surface area contributed by atoms with Crippen LogP contribution in [0.15, 0.2) is 22.7 Å². The maximum Gasteiger partial charge on any atom is 0.0992 e. The highest BCUT2D eigenvalue weighted by Crippen LogP contribution is 2.29. The van der Waals surface area contributed by atoms with E-state index in [0.717, 1.165) is 16.1 Å². The van der Waals surface area contributed by atoms with E-state index in [1.807, 2.05) is 12.1 Å². The molecule has 1 N–H and O–H groups in total. The Bertz CT molecular complexity index is 450. The molecule has 0 radical (unpaired) electrons. The molecule has 1 aromatic rings. The fraction of sp³-hybridized carbons (Fsp3) is 0.533. The van der Waals surface area contributed by atoms with Gasteiger partial charge in [-0.25, -0.2) is 0 Å². The lowest BCUT2D eigenvalue weighted by atomic mass is 9.84. The van der Waals surface area contributed by atoms with E-state index in [9.17, 15) is 0 Å². The summed E-state index contributed by atoms with van der Waals surface area (Å²) in [6.07, 6.45) is 6.46. The molecule has 1 aliphatic rings. The number of nitrogens with zero attached hydrogens (tertiary/aromatic N) is 1. The average molecular weight is 307 g/mol. The summed E-state index contributed by atoms with van der Waals surface area (Å²) >= 11 is 3.45. The van der Waals surface area contributed by atoms with Gasteiger partial charge in [0.05, 0.1) is 11.6 Å².